The fraction of sp³-hybridized carbons (Fsp3) is 0.231. The topological polar surface area (TPSA) is 66.4 Å². The Hall–Kier alpha value is -0.920. The third-order valence-corrected chi connectivity index (χ3v) is 5.38. The van der Waals surface area contributed by atoms with Crippen molar-refractivity contribution in [2.75, 3.05) is 6.54 Å². The number of rotatable bonds is 5. The average Bonchev–Trinajstić information content (AvgIpc) is 2.89. The summed E-state index contributed by atoms with van der Waals surface area (Å²) in [4.78, 5) is 0.0160. The second-order valence-electron chi connectivity index (χ2n) is 4.36. The van der Waals surface area contributed by atoms with Crippen LogP contribution < -0.4 is 4.72 Å². The molecule has 20 heavy (non-hydrogen) atoms. The molecule has 1 aromatic heterocycles. The van der Waals surface area contributed by atoms with Gasteiger partial charge in [0.25, 0.3) is 0 Å². The zero-order chi connectivity index (χ0) is 14.8. The van der Waals surface area contributed by atoms with Gasteiger partial charge in [-0.2, -0.15) is 11.3 Å². The molecule has 1 unspecified atom stereocenters. The molecule has 0 aliphatic heterocycles. The molecule has 2 aromatic rings. The lowest BCUT2D eigenvalue weighted by Crippen LogP contribution is -2.28. The molecular formula is C13H14ClNO3S2. The van der Waals surface area contributed by atoms with E-state index >= 15 is 0 Å². The molecule has 1 atom stereocenters. The van der Waals surface area contributed by atoms with Crippen LogP contribution in [0, 0.1) is 6.92 Å². The number of aryl methyl sites for hydroxylation is 1. The van der Waals surface area contributed by atoms with Gasteiger partial charge in [-0.1, -0.05) is 17.7 Å². The second-order valence-corrected chi connectivity index (χ2v) is 7.28. The van der Waals surface area contributed by atoms with Gasteiger partial charge in [0, 0.05) is 6.54 Å². The average molecular weight is 332 g/mol. The van der Waals surface area contributed by atoms with Crippen molar-refractivity contribution < 1.29 is 13.5 Å². The van der Waals surface area contributed by atoms with Crippen LogP contribution in [0.3, 0.4) is 0 Å². The van der Waals surface area contributed by atoms with Crippen LogP contribution in [0.4, 0.5) is 0 Å². The molecule has 0 saturated carbocycles. The summed E-state index contributed by atoms with van der Waals surface area (Å²) >= 11 is 7.39. The minimum absolute atomic E-state index is 0.0160. The smallest absolute Gasteiger partial charge is 0.242 e. The van der Waals surface area contributed by atoms with E-state index in [2.05, 4.69) is 4.72 Å². The highest BCUT2D eigenvalue weighted by molar-refractivity contribution is 7.89. The number of aliphatic hydroxyl groups excluding tert-OH is 1. The maximum atomic E-state index is 12.1. The number of aliphatic hydroxyl groups is 1. The van der Waals surface area contributed by atoms with Crippen molar-refractivity contribution in [2.45, 2.75) is 17.9 Å². The van der Waals surface area contributed by atoms with Gasteiger partial charge in [0.1, 0.15) is 4.90 Å². The van der Waals surface area contributed by atoms with Gasteiger partial charge in [-0.05, 0) is 47.0 Å². The summed E-state index contributed by atoms with van der Waals surface area (Å²) in [5.41, 5.74) is 1.57. The predicted molar refractivity (Wildman–Crippen MR) is 80.7 cm³/mol. The molecule has 0 bridgehead atoms. The Labute approximate surface area is 127 Å². The van der Waals surface area contributed by atoms with Crippen LogP contribution in [0.1, 0.15) is 17.2 Å². The normalized spacial score (nSPS) is 13.3. The number of nitrogens with one attached hydrogen (secondary N) is 1. The Morgan fingerprint density at radius 3 is 2.75 bits per heavy atom. The van der Waals surface area contributed by atoms with Crippen LogP contribution in [0.2, 0.25) is 5.02 Å². The number of hydrogen-bond acceptors (Lipinski definition) is 4. The van der Waals surface area contributed by atoms with E-state index in [9.17, 15) is 13.5 Å². The summed E-state index contributed by atoms with van der Waals surface area (Å²) in [6.07, 6.45) is -0.875. The third-order valence-electron chi connectivity index (χ3n) is 2.77. The number of benzene rings is 1. The fourth-order valence-electron chi connectivity index (χ4n) is 1.67. The molecule has 2 rings (SSSR count). The van der Waals surface area contributed by atoms with Crippen molar-refractivity contribution in [1.29, 1.82) is 0 Å². The summed E-state index contributed by atoms with van der Waals surface area (Å²) in [6.45, 7) is 1.74. The lowest BCUT2D eigenvalue weighted by Gasteiger charge is -2.12. The van der Waals surface area contributed by atoms with Gasteiger partial charge in [-0.25, -0.2) is 13.1 Å². The first kappa shape index (κ1) is 15.5. The quantitative estimate of drug-likeness (QED) is 0.885. The first-order chi connectivity index (χ1) is 9.40. The maximum absolute atomic E-state index is 12.1. The van der Waals surface area contributed by atoms with Crippen molar-refractivity contribution in [3.8, 4) is 0 Å². The van der Waals surface area contributed by atoms with Crippen molar-refractivity contribution in [2.24, 2.45) is 0 Å². The molecule has 0 fully saturated rings. The highest BCUT2D eigenvalue weighted by Gasteiger charge is 2.19. The Morgan fingerprint density at radius 2 is 2.15 bits per heavy atom. The second kappa shape index (κ2) is 6.24. The zero-order valence-electron chi connectivity index (χ0n) is 10.7. The van der Waals surface area contributed by atoms with Crippen molar-refractivity contribution in [1.82, 2.24) is 4.72 Å². The largest absolute Gasteiger partial charge is 0.387 e. The first-order valence-electron chi connectivity index (χ1n) is 5.86. The van der Waals surface area contributed by atoms with Crippen LogP contribution >= 0.6 is 22.9 Å². The van der Waals surface area contributed by atoms with Gasteiger partial charge in [-0.15, -0.1) is 0 Å². The highest BCUT2D eigenvalue weighted by Crippen LogP contribution is 2.23. The Balaban J connectivity index is 2.11. The van der Waals surface area contributed by atoms with Gasteiger partial charge in [0.2, 0.25) is 10.0 Å². The van der Waals surface area contributed by atoms with Crippen LogP contribution in [0.25, 0.3) is 0 Å². The molecule has 0 spiro atoms. The van der Waals surface area contributed by atoms with Crippen LogP contribution in [0.5, 0.6) is 0 Å². The van der Waals surface area contributed by atoms with Crippen molar-refractivity contribution >= 4 is 33.0 Å². The number of sulfonamides is 1. The first-order valence-corrected chi connectivity index (χ1v) is 8.66. The van der Waals surface area contributed by atoms with E-state index in [1.54, 1.807) is 23.6 Å². The molecular weight excluding hydrogens is 318 g/mol. The van der Waals surface area contributed by atoms with E-state index in [4.69, 9.17) is 11.6 Å². The van der Waals surface area contributed by atoms with Crippen LogP contribution in [-0.4, -0.2) is 20.1 Å². The molecule has 7 heteroatoms. The van der Waals surface area contributed by atoms with Crippen LogP contribution in [0.15, 0.2) is 39.9 Å². The minimum Gasteiger partial charge on any atom is -0.387 e. The van der Waals surface area contributed by atoms with E-state index in [1.807, 2.05) is 12.3 Å². The monoisotopic (exact) mass is 331 g/mol. The minimum atomic E-state index is -3.73. The van der Waals surface area contributed by atoms with E-state index in [-0.39, 0.29) is 16.5 Å². The summed E-state index contributed by atoms with van der Waals surface area (Å²) in [7, 11) is -3.73. The summed E-state index contributed by atoms with van der Waals surface area (Å²) in [5, 5.41) is 13.6. The van der Waals surface area contributed by atoms with E-state index in [0.29, 0.717) is 5.56 Å². The number of halogens is 1. The van der Waals surface area contributed by atoms with Crippen molar-refractivity contribution in [3.05, 3.63) is 51.2 Å². The highest BCUT2D eigenvalue weighted by atomic mass is 35.5. The summed E-state index contributed by atoms with van der Waals surface area (Å²) in [5.74, 6) is 0. The molecule has 0 aliphatic rings. The molecule has 0 radical (unpaired) electrons. The molecule has 2 N–H and O–H groups in total. The summed E-state index contributed by atoms with van der Waals surface area (Å²) < 4.78 is 26.6. The number of thiophene rings is 1. The Morgan fingerprint density at radius 1 is 1.40 bits per heavy atom. The van der Waals surface area contributed by atoms with Gasteiger partial charge in [0.05, 0.1) is 11.1 Å². The standard InChI is InChI=1S/C13H14ClNO3S2/c1-9-2-3-13(11(14)6-9)20(17,18)15-7-12(16)10-4-5-19-8-10/h2-6,8,12,15-16H,7H2,1H3. The van der Waals surface area contributed by atoms with Crippen LogP contribution in [-0.2, 0) is 10.0 Å². The van der Waals surface area contributed by atoms with Gasteiger partial charge < -0.3 is 5.11 Å². The Bertz CT molecular complexity index is 684. The Kier molecular flexibility index (Phi) is 4.82. The maximum Gasteiger partial charge on any atom is 0.242 e. The number of hydrogen-bond donors (Lipinski definition) is 2. The molecule has 4 nitrogen and oxygen atoms in total. The van der Waals surface area contributed by atoms with E-state index < -0.39 is 16.1 Å². The molecule has 0 aliphatic carbocycles. The lowest BCUT2D eigenvalue weighted by molar-refractivity contribution is 0.182. The molecule has 108 valence electrons. The molecule has 0 saturated heterocycles. The van der Waals surface area contributed by atoms with Gasteiger partial charge in [0.15, 0.2) is 0 Å². The fourth-order valence-corrected chi connectivity index (χ4v) is 4.02. The van der Waals surface area contributed by atoms with E-state index in [0.717, 1.165) is 5.56 Å². The third kappa shape index (κ3) is 3.59. The molecule has 0 amide bonds. The van der Waals surface area contributed by atoms with Crippen molar-refractivity contribution in [3.63, 3.8) is 0 Å². The van der Waals surface area contributed by atoms with Gasteiger partial charge >= 0.3 is 0 Å². The van der Waals surface area contributed by atoms with Gasteiger partial charge in [-0.3, -0.25) is 0 Å². The van der Waals surface area contributed by atoms with E-state index in [1.165, 1.54) is 17.4 Å². The summed E-state index contributed by atoms with van der Waals surface area (Å²) in [6, 6.07) is 6.47. The molecule has 1 heterocycles. The SMILES string of the molecule is Cc1ccc(S(=O)(=O)NCC(O)c2ccsc2)c(Cl)c1. The molecule has 1 aromatic carbocycles. The predicted octanol–water partition coefficient (Wildman–Crippen LogP) is 2.72. The zero-order valence-corrected chi connectivity index (χ0v) is 13.1. The lowest BCUT2D eigenvalue weighted by atomic mass is 10.2.